The fraction of sp³-hybridized carbons (Fsp3) is 0.870. The van der Waals surface area contributed by atoms with Gasteiger partial charge in [-0.3, -0.25) is 4.79 Å². The molecule has 2 heteroatoms. The van der Waals surface area contributed by atoms with Crippen molar-refractivity contribution in [1.82, 2.24) is 5.32 Å². The number of hydrogen-bond donors (Lipinski definition) is 1. The first-order valence-electron chi connectivity index (χ1n) is 11.0. The average Bonchev–Trinajstić information content (AvgIpc) is 2.68. The quantitative estimate of drug-likeness (QED) is 0.307. The minimum atomic E-state index is 0.639. The van der Waals surface area contributed by atoms with E-state index in [0.29, 0.717) is 6.29 Å². The van der Waals surface area contributed by atoms with Gasteiger partial charge in [-0.25, -0.2) is 0 Å². The van der Waals surface area contributed by atoms with Crippen molar-refractivity contribution in [2.24, 2.45) is 23.7 Å². The van der Waals surface area contributed by atoms with E-state index in [1.54, 1.807) is 38.5 Å². The Morgan fingerprint density at radius 2 is 1.36 bits per heavy atom. The lowest BCUT2D eigenvalue weighted by Gasteiger charge is -2.38. The van der Waals surface area contributed by atoms with E-state index in [1.165, 1.54) is 57.6 Å². The topological polar surface area (TPSA) is 29.1 Å². The van der Waals surface area contributed by atoms with Crippen LogP contribution < -0.4 is 5.32 Å². The minimum Gasteiger partial charge on any atom is -0.320 e. The fourth-order valence-corrected chi connectivity index (χ4v) is 4.93. The molecule has 0 aromatic heterocycles. The van der Waals surface area contributed by atoms with E-state index < -0.39 is 0 Å². The van der Waals surface area contributed by atoms with Gasteiger partial charge in [0.25, 0.3) is 0 Å². The molecule has 2 saturated carbocycles. The number of carbonyl (C=O) groups excluding carboxylic acids is 1. The van der Waals surface area contributed by atoms with Crippen LogP contribution in [0.15, 0.2) is 12.7 Å². The highest BCUT2D eigenvalue weighted by Gasteiger charge is 2.30. The standard InChI is InChI=1S/C20H39N.C3H4O/c1-3-4-5-6-17-7-11-19(12-8-17)20-13-9-18(10-14-20)15-16-21-2;1-2-3-4/h17-21H,3-16H2,1-2H3;2-3H,1H2. The molecule has 2 rings (SSSR count). The van der Waals surface area contributed by atoms with Crippen molar-refractivity contribution < 1.29 is 4.79 Å². The first-order chi connectivity index (χ1) is 12.2. The Morgan fingerprint density at radius 3 is 1.76 bits per heavy atom. The summed E-state index contributed by atoms with van der Waals surface area (Å²) in [6.07, 6.45) is 21.4. The summed E-state index contributed by atoms with van der Waals surface area (Å²) in [5, 5.41) is 3.32. The van der Waals surface area contributed by atoms with Gasteiger partial charge in [0.2, 0.25) is 0 Å². The van der Waals surface area contributed by atoms with Gasteiger partial charge in [-0.15, -0.1) is 0 Å². The number of allylic oxidation sites excluding steroid dienone is 1. The van der Waals surface area contributed by atoms with Crippen LogP contribution in [0.4, 0.5) is 0 Å². The fourth-order valence-electron chi connectivity index (χ4n) is 4.93. The van der Waals surface area contributed by atoms with Crippen molar-refractivity contribution >= 4 is 6.29 Å². The zero-order valence-electron chi connectivity index (χ0n) is 17.0. The Balaban J connectivity index is 0.000000705. The van der Waals surface area contributed by atoms with Gasteiger partial charge in [-0.2, -0.15) is 0 Å². The summed E-state index contributed by atoms with van der Waals surface area (Å²) in [7, 11) is 2.09. The van der Waals surface area contributed by atoms with Gasteiger partial charge in [0.05, 0.1) is 0 Å². The van der Waals surface area contributed by atoms with Crippen LogP contribution in [0.2, 0.25) is 0 Å². The zero-order valence-corrected chi connectivity index (χ0v) is 17.0. The van der Waals surface area contributed by atoms with Crippen molar-refractivity contribution in [3.05, 3.63) is 12.7 Å². The number of aldehydes is 1. The lowest BCUT2D eigenvalue weighted by atomic mass is 9.68. The molecule has 0 aliphatic heterocycles. The van der Waals surface area contributed by atoms with Crippen molar-refractivity contribution in [2.45, 2.75) is 90.4 Å². The summed E-state index contributed by atoms with van der Waals surface area (Å²) in [5.74, 6) is 4.30. The first-order valence-corrected chi connectivity index (χ1v) is 11.0. The molecule has 0 heterocycles. The van der Waals surface area contributed by atoms with E-state index in [0.717, 1.165) is 23.7 Å². The van der Waals surface area contributed by atoms with E-state index in [9.17, 15) is 0 Å². The van der Waals surface area contributed by atoms with Gasteiger partial charge in [-0.05, 0) is 75.4 Å². The van der Waals surface area contributed by atoms with Crippen LogP contribution >= 0.6 is 0 Å². The van der Waals surface area contributed by atoms with Gasteiger partial charge < -0.3 is 5.32 Å². The second kappa shape index (κ2) is 14.5. The van der Waals surface area contributed by atoms with Crippen LogP contribution in [0, 0.1) is 23.7 Å². The Morgan fingerprint density at radius 1 is 0.880 bits per heavy atom. The molecule has 25 heavy (non-hydrogen) atoms. The Bertz CT molecular complexity index is 319. The summed E-state index contributed by atoms with van der Waals surface area (Å²) in [4.78, 5) is 9.06. The van der Waals surface area contributed by atoms with Crippen molar-refractivity contribution in [2.75, 3.05) is 13.6 Å². The second-order valence-electron chi connectivity index (χ2n) is 8.32. The molecule has 2 fully saturated rings. The Hall–Kier alpha value is -0.630. The van der Waals surface area contributed by atoms with E-state index in [2.05, 4.69) is 25.9 Å². The molecule has 0 radical (unpaired) electrons. The molecule has 2 aliphatic carbocycles. The SMILES string of the molecule is C=CC=O.CCCCCC1CCC(C2CCC(CCNC)CC2)CC1. The van der Waals surface area contributed by atoms with Crippen LogP contribution in [0.5, 0.6) is 0 Å². The van der Waals surface area contributed by atoms with E-state index >= 15 is 0 Å². The van der Waals surface area contributed by atoms with Gasteiger partial charge in [0, 0.05) is 0 Å². The van der Waals surface area contributed by atoms with E-state index in [-0.39, 0.29) is 0 Å². The summed E-state index contributed by atoms with van der Waals surface area (Å²) in [6.45, 7) is 6.65. The third-order valence-electron chi connectivity index (χ3n) is 6.56. The highest BCUT2D eigenvalue weighted by Crippen LogP contribution is 2.42. The molecule has 0 spiro atoms. The van der Waals surface area contributed by atoms with Crippen LogP contribution in [0.1, 0.15) is 90.4 Å². The van der Waals surface area contributed by atoms with Gasteiger partial charge >= 0.3 is 0 Å². The van der Waals surface area contributed by atoms with Crippen LogP contribution in [-0.4, -0.2) is 19.9 Å². The summed E-state index contributed by atoms with van der Waals surface area (Å²) in [5.41, 5.74) is 0. The summed E-state index contributed by atoms with van der Waals surface area (Å²) >= 11 is 0. The molecule has 0 saturated heterocycles. The maximum atomic E-state index is 9.06. The van der Waals surface area contributed by atoms with E-state index in [1.807, 2.05) is 0 Å². The summed E-state index contributed by atoms with van der Waals surface area (Å²) in [6, 6.07) is 0. The molecule has 146 valence electrons. The van der Waals surface area contributed by atoms with Crippen LogP contribution in [-0.2, 0) is 4.79 Å². The highest BCUT2D eigenvalue weighted by molar-refractivity contribution is 5.63. The number of rotatable bonds is 9. The molecule has 0 aromatic carbocycles. The van der Waals surface area contributed by atoms with Crippen molar-refractivity contribution in [3.8, 4) is 0 Å². The molecule has 0 unspecified atom stereocenters. The van der Waals surface area contributed by atoms with E-state index in [4.69, 9.17) is 4.79 Å². The van der Waals surface area contributed by atoms with Gasteiger partial charge in [0.1, 0.15) is 6.29 Å². The maximum Gasteiger partial charge on any atom is 0.142 e. The Labute approximate surface area is 157 Å². The van der Waals surface area contributed by atoms with Gasteiger partial charge in [-0.1, -0.05) is 64.9 Å². The molecule has 0 amide bonds. The monoisotopic (exact) mass is 349 g/mol. The first kappa shape index (κ1) is 22.4. The molecule has 0 bridgehead atoms. The Kier molecular flexibility index (Phi) is 13.0. The van der Waals surface area contributed by atoms with Crippen molar-refractivity contribution in [3.63, 3.8) is 0 Å². The normalized spacial score (nSPS) is 29.4. The number of carbonyl (C=O) groups is 1. The molecular formula is C23H43NO. The molecule has 0 atom stereocenters. The second-order valence-corrected chi connectivity index (χ2v) is 8.32. The number of hydrogen-bond acceptors (Lipinski definition) is 2. The predicted octanol–water partition coefficient (Wildman–Crippen LogP) is 6.16. The maximum absolute atomic E-state index is 9.06. The third-order valence-corrected chi connectivity index (χ3v) is 6.56. The lowest BCUT2D eigenvalue weighted by molar-refractivity contribution is -0.104. The minimum absolute atomic E-state index is 0.639. The molecule has 1 N–H and O–H groups in total. The average molecular weight is 350 g/mol. The lowest BCUT2D eigenvalue weighted by Crippen LogP contribution is -2.26. The number of nitrogens with one attached hydrogen (secondary N) is 1. The van der Waals surface area contributed by atoms with Crippen molar-refractivity contribution in [1.29, 1.82) is 0 Å². The predicted molar refractivity (Wildman–Crippen MR) is 110 cm³/mol. The largest absolute Gasteiger partial charge is 0.320 e. The third kappa shape index (κ3) is 9.58. The molecule has 0 aromatic rings. The van der Waals surface area contributed by atoms with Crippen LogP contribution in [0.3, 0.4) is 0 Å². The highest BCUT2D eigenvalue weighted by atomic mass is 16.1. The molecule has 2 nitrogen and oxygen atoms in total. The molecular weight excluding hydrogens is 306 g/mol. The van der Waals surface area contributed by atoms with Crippen LogP contribution in [0.25, 0.3) is 0 Å². The molecule has 2 aliphatic rings. The summed E-state index contributed by atoms with van der Waals surface area (Å²) < 4.78 is 0. The van der Waals surface area contributed by atoms with Gasteiger partial charge in [0.15, 0.2) is 0 Å². The zero-order chi connectivity index (χ0) is 18.3. The smallest absolute Gasteiger partial charge is 0.142 e. The number of unbranched alkanes of at least 4 members (excludes halogenated alkanes) is 2.